The van der Waals surface area contributed by atoms with E-state index < -0.39 is 11.4 Å². The first kappa shape index (κ1) is 14.0. The lowest BCUT2D eigenvalue weighted by Gasteiger charge is -2.26. The van der Waals surface area contributed by atoms with Gasteiger partial charge in [-0.05, 0) is 33.9 Å². The molecule has 1 fully saturated rings. The molecule has 1 rings (SSSR count). The third-order valence-electron chi connectivity index (χ3n) is 3.59. The maximum absolute atomic E-state index is 12.1. The summed E-state index contributed by atoms with van der Waals surface area (Å²) in [7, 11) is 3.97. The summed E-state index contributed by atoms with van der Waals surface area (Å²) >= 11 is 0. The van der Waals surface area contributed by atoms with Gasteiger partial charge < -0.3 is 14.9 Å². The Balaban J connectivity index is 2.78. The van der Waals surface area contributed by atoms with E-state index in [-0.39, 0.29) is 5.91 Å². The first-order valence-electron chi connectivity index (χ1n) is 5.87. The molecule has 1 amide bonds. The Morgan fingerprint density at radius 3 is 2.18 bits per heavy atom. The highest BCUT2D eigenvalue weighted by Gasteiger charge is 2.43. The van der Waals surface area contributed by atoms with E-state index in [0.29, 0.717) is 25.0 Å². The lowest BCUT2D eigenvalue weighted by atomic mass is 9.92. The highest BCUT2D eigenvalue weighted by Crippen LogP contribution is 2.26. The lowest BCUT2D eigenvalue weighted by Crippen LogP contribution is -2.45. The standard InChI is InChI=1S/C12H22N2O3/c1-8-6-14(7-9(8)13(4)5)10(15)12(2,3)11(16)17/h8-9H,6-7H2,1-5H3,(H,16,17). The van der Waals surface area contributed by atoms with E-state index in [1.165, 1.54) is 13.8 Å². The monoisotopic (exact) mass is 242 g/mol. The molecular weight excluding hydrogens is 220 g/mol. The van der Waals surface area contributed by atoms with Crippen LogP contribution in [0.5, 0.6) is 0 Å². The molecule has 0 saturated carbocycles. The molecule has 1 aliphatic rings. The molecule has 5 nitrogen and oxygen atoms in total. The zero-order chi connectivity index (χ0) is 13.4. The van der Waals surface area contributed by atoms with E-state index in [9.17, 15) is 9.59 Å². The summed E-state index contributed by atoms with van der Waals surface area (Å²) < 4.78 is 0. The molecule has 0 bridgehead atoms. The van der Waals surface area contributed by atoms with Crippen LogP contribution in [0.3, 0.4) is 0 Å². The van der Waals surface area contributed by atoms with E-state index in [2.05, 4.69) is 11.8 Å². The van der Waals surface area contributed by atoms with Crippen molar-refractivity contribution >= 4 is 11.9 Å². The molecule has 0 spiro atoms. The van der Waals surface area contributed by atoms with Crippen molar-refractivity contribution < 1.29 is 14.7 Å². The molecule has 1 saturated heterocycles. The zero-order valence-corrected chi connectivity index (χ0v) is 11.2. The number of carboxylic acid groups (broad SMARTS) is 1. The SMILES string of the molecule is CC1CN(C(=O)C(C)(C)C(=O)O)CC1N(C)C. The fraction of sp³-hybridized carbons (Fsp3) is 0.833. The van der Waals surface area contributed by atoms with Gasteiger partial charge >= 0.3 is 5.97 Å². The second kappa shape index (κ2) is 4.64. The summed E-state index contributed by atoms with van der Waals surface area (Å²) in [6, 6.07) is 0.309. The van der Waals surface area contributed by atoms with E-state index in [1.807, 2.05) is 14.1 Å². The number of hydrogen-bond donors (Lipinski definition) is 1. The van der Waals surface area contributed by atoms with Crippen molar-refractivity contribution in [3.05, 3.63) is 0 Å². The van der Waals surface area contributed by atoms with Crippen LogP contribution in [-0.2, 0) is 9.59 Å². The smallest absolute Gasteiger partial charge is 0.318 e. The molecule has 0 radical (unpaired) electrons. The Morgan fingerprint density at radius 1 is 1.29 bits per heavy atom. The minimum atomic E-state index is -1.33. The van der Waals surface area contributed by atoms with E-state index in [1.54, 1.807) is 4.90 Å². The van der Waals surface area contributed by atoms with Crippen LogP contribution in [0.1, 0.15) is 20.8 Å². The highest BCUT2D eigenvalue weighted by molar-refractivity contribution is 6.01. The van der Waals surface area contributed by atoms with Crippen molar-refractivity contribution in [1.82, 2.24) is 9.80 Å². The van der Waals surface area contributed by atoms with Crippen LogP contribution in [0.4, 0.5) is 0 Å². The minimum Gasteiger partial charge on any atom is -0.480 e. The summed E-state index contributed by atoms with van der Waals surface area (Å²) in [5.41, 5.74) is -1.33. The summed E-state index contributed by atoms with van der Waals surface area (Å²) in [5.74, 6) is -0.983. The number of carbonyl (C=O) groups is 2. The number of carbonyl (C=O) groups excluding carboxylic acids is 1. The average molecular weight is 242 g/mol. The summed E-state index contributed by atoms with van der Waals surface area (Å²) in [4.78, 5) is 27.0. The van der Waals surface area contributed by atoms with Crippen molar-refractivity contribution in [2.45, 2.75) is 26.8 Å². The maximum atomic E-state index is 12.1. The minimum absolute atomic E-state index is 0.291. The first-order valence-corrected chi connectivity index (χ1v) is 5.87. The molecule has 5 heteroatoms. The number of nitrogens with zero attached hydrogens (tertiary/aromatic N) is 2. The highest BCUT2D eigenvalue weighted by atomic mass is 16.4. The number of hydrogen-bond acceptors (Lipinski definition) is 3. The van der Waals surface area contributed by atoms with Crippen molar-refractivity contribution in [2.75, 3.05) is 27.2 Å². The van der Waals surface area contributed by atoms with Crippen LogP contribution < -0.4 is 0 Å². The second-order valence-electron chi connectivity index (χ2n) is 5.65. The Kier molecular flexibility index (Phi) is 3.81. The molecule has 2 unspecified atom stereocenters. The molecule has 1 heterocycles. The number of carboxylic acids is 1. The van der Waals surface area contributed by atoms with E-state index >= 15 is 0 Å². The molecule has 1 N–H and O–H groups in total. The molecule has 0 aliphatic carbocycles. The van der Waals surface area contributed by atoms with Crippen LogP contribution in [-0.4, -0.2) is 60.0 Å². The van der Waals surface area contributed by atoms with Gasteiger partial charge in [0.15, 0.2) is 0 Å². The lowest BCUT2D eigenvalue weighted by molar-refractivity contribution is -0.157. The second-order valence-corrected chi connectivity index (χ2v) is 5.65. The maximum Gasteiger partial charge on any atom is 0.318 e. The average Bonchev–Trinajstić information content (AvgIpc) is 2.58. The number of rotatable bonds is 3. The largest absolute Gasteiger partial charge is 0.480 e. The Morgan fingerprint density at radius 2 is 1.82 bits per heavy atom. The van der Waals surface area contributed by atoms with Gasteiger partial charge in [-0.1, -0.05) is 6.92 Å². The molecule has 0 aromatic heterocycles. The van der Waals surface area contributed by atoms with Crippen molar-refractivity contribution in [1.29, 1.82) is 0 Å². The third-order valence-corrected chi connectivity index (χ3v) is 3.59. The van der Waals surface area contributed by atoms with Crippen molar-refractivity contribution in [3.8, 4) is 0 Å². The number of likely N-dealkylation sites (N-methyl/N-ethyl adjacent to an activating group) is 1. The quantitative estimate of drug-likeness (QED) is 0.732. The number of likely N-dealkylation sites (tertiary alicyclic amines) is 1. The third kappa shape index (κ3) is 2.60. The van der Waals surface area contributed by atoms with Crippen LogP contribution in [0.15, 0.2) is 0 Å². The molecule has 0 aromatic rings. The van der Waals surface area contributed by atoms with Gasteiger partial charge in [0.1, 0.15) is 5.41 Å². The van der Waals surface area contributed by atoms with E-state index in [0.717, 1.165) is 0 Å². The predicted octanol–water partition coefficient (Wildman–Crippen LogP) is 0.506. The topological polar surface area (TPSA) is 60.9 Å². The van der Waals surface area contributed by atoms with Crippen LogP contribution in [0.2, 0.25) is 0 Å². The molecular formula is C12H22N2O3. The fourth-order valence-corrected chi connectivity index (χ4v) is 2.27. The summed E-state index contributed by atoms with van der Waals surface area (Å²) in [6.07, 6.45) is 0. The van der Waals surface area contributed by atoms with Gasteiger partial charge in [0.25, 0.3) is 0 Å². The van der Waals surface area contributed by atoms with Crippen LogP contribution >= 0.6 is 0 Å². The molecule has 17 heavy (non-hydrogen) atoms. The Labute approximate surface area is 102 Å². The Hall–Kier alpha value is -1.10. The number of amides is 1. The summed E-state index contributed by atoms with van der Waals surface area (Å²) in [5, 5.41) is 9.06. The van der Waals surface area contributed by atoms with Crippen LogP contribution in [0.25, 0.3) is 0 Å². The number of aliphatic carboxylic acids is 1. The van der Waals surface area contributed by atoms with Crippen LogP contribution in [0, 0.1) is 11.3 Å². The molecule has 0 aromatic carbocycles. The molecule has 2 atom stereocenters. The predicted molar refractivity (Wildman–Crippen MR) is 64.6 cm³/mol. The molecule has 98 valence electrons. The zero-order valence-electron chi connectivity index (χ0n) is 11.2. The van der Waals surface area contributed by atoms with Gasteiger partial charge in [-0.2, -0.15) is 0 Å². The van der Waals surface area contributed by atoms with Gasteiger partial charge in [0, 0.05) is 19.1 Å². The fourth-order valence-electron chi connectivity index (χ4n) is 2.27. The first-order chi connectivity index (χ1) is 7.67. The molecule has 1 aliphatic heterocycles. The van der Waals surface area contributed by atoms with Crippen molar-refractivity contribution in [2.24, 2.45) is 11.3 Å². The van der Waals surface area contributed by atoms with E-state index in [4.69, 9.17) is 5.11 Å². The Bertz CT molecular complexity index is 326. The van der Waals surface area contributed by atoms with Gasteiger partial charge in [-0.15, -0.1) is 0 Å². The van der Waals surface area contributed by atoms with Gasteiger partial charge in [0.2, 0.25) is 5.91 Å². The summed E-state index contributed by atoms with van der Waals surface area (Å²) in [6.45, 7) is 6.27. The van der Waals surface area contributed by atoms with Crippen molar-refractivity contribution in [3.63, 3.8) is 0 Å². The van der Waals surface area contributed by atoms with Gasteiger partial charge in [-0.25, -0.2) is 0 Å². The normalized spacial score (nSPS) is 25.4. The van der Waals surface area contributed by atoms with Gasteiger partial charge in [-0.3, -0.25) is 9.59 Å². The van der Waals surface area contributed by atoms with Gasteiger partial charge in [0.05, 0.1) is 0 Å².